The van der Waals surface area contributed by atoms with Gasteiger partial charge in [0.05, 0.1) is 0 Å². The largest absolute Gasteiger partial charge is 0.396 e. The monoisotopic (exact) mass is 245 g/mol. The zero-order valence-electron chi connectivity index (χ0n) is 11.4. The predicted octanol–water partition coefficient (Wildman–Crippen LogP) is 3.67. The highest BCUT2D eigenvalue weighted by Gasteiger charge is 2.08. The van der Waals surface area contributed by atoms with Crippen LogP contribution in [0.2, 0.25) is 0 Å². The summed E-state index contributed by atoms with van der Waals surface area (Å²) in [6.45, 7) is 5.53. The molecule has 98 valence electrons. The molecule has 2 rings (SSSR count). The number of aromatic nitrogens is 1. The van der Waals surface area contributed by atoms with Gasteiger partial charge in [-0.1, -0.05) is 25.5 Å². The maximum Gasteiger partial charge on any atom is 0.0485 e. The SMILES string of the molecule is CCCCc1cn(CCCO)c2cc(C)ccc12. The van der Waals surface area contributed by atoms with Gasteiger partial charge in [-0.25, -0.2) is 0 Å². The van der Waals surface area contributed by atoms with Crippen LogP contribution in [0.5, 0.6) is 0 Å². The predicted molar refractivity (Wildman–Crippen MR) is 77.0 cm³/mol. The van der Waals surface area contributed by atoms with Gasteiger partial charge in [-0.15, -0.1) is 0 Å². The Morgan fingerprint density at radius 2 is 2.06 bits per heavy atom. The molecule has 1 aromatic carbocycles. The molecule has 0 aliphatic heterocycles. The van der Waals surface area contributed by atoms with Crippen molar-refractivity contribution >= 4 is 10.9 Å². The van der Waals surface area contributed by atoms with E-state index in [2.05, 4.69) is 42.8 Å². The first kappa shape index (κ1) is 13.2. The number of aliphatic hydroxyl groups is 1. The van der Waals surface area contributed by atoms with E-state index in [9.17, 15) is 0 Å². The van der Waals surface area contributed by atoms with Gasteiger partial charge in [-0.05, 0) is 43.4 Å². The first-order valence-electron chi connectivity index (χ1n) is 6.95. The molecule has 1 N–H and O–H groups in total. The second-order valence-corrected chi connectivity index (χ2v) is 5.05. The van der Waals surface area contributed by atoms with Crippen molar-refractivity contribution in [1.82, 2.24) is 4.57 Å². The Labute approximate surface area is 109 Å². The third-order valence-corrected chi connectivity index (χ3v) is 3.48. The Kier molecular flexibility index (Phi) is 4.43. The van der Waals surface area contributed by atoms with E-state index in [0.29, 0.717) is 0 Å². The number of fused-ring (bicyclic) bond motifs is 1. The summed E-state index contributed by atoms with van der Waals surface area (Å²) in [5, 5.41) is 10.4. The summed E-state index contributed by atoms with van der Waals surface area (Å²) in [5.41, 5.74) is 4.06. The molecule has 1 heterocycles. The van der Waals surface area contributed by atoms with Gasteiger partial charge in [0.1, 0.15) is 0 Å². The highest BCUT2D eigenvalue weighted by Crippen LogP contribution is 2.24. The van der Waals surface area contributed by atoms with Crippen molar-refractivity contribution in [2.24, 2.45) is 0 Å². The van der Waals surface area contributed by atoms with E-state index in [-0.39, 0.29) is 6.61 Å². The van der Waals surface area contributed by atoms with E-state index in [4.69, 9.17) is 5.11 Å². The molecule has 0 aliphatic rings. The maximum atomic E-state index is 8.99. The number of benzene rings is 1. The van der Waals surface area contributed by atoms with Crippen LogP contribution in [0.1, 0.15) is 37.3 Å². The van der Waals surface area contributed by atoms with E-state index in [0.717, 1.165) is 19.4 Å². The summed E-state index contributed by atoms with van der Waals surface area (Å²) < 4.78 is 2.30. The highest BCUT2D eigenvalue weighted by atomic mass is 16.3. The van der Waals surface area contributed by atoms with Crippen molar-refractivity contribution in [3.63, 3.8) is 0 Å². The Hall–Kier alpha value is -1.28. The summed E-state index contributed by atoms with van der Waals surface area (Å²) in [6, 6.07) is 6.68. The molecule has 0 amide bonds. The van der Waals surface area contributed by atoms with Gasteiger partial charge in [0.25, 0.3) is 0 Å². The molecule has 0 fully saturated rings. The molecular weight excluding hydrogens is 222 g/mol. The van der Waals surface area contributed by atoms with Gasteiger partial charge in [0.15, 0.2) is 0 Å². The Balaban J connectivity index is 2.39. The van der Waals surface area contributed by atoms with Gasteiger partial charge >= 0.3 is 0 Å². The minimum absolute atomic E-state index is 0.260. The number of aryl methyl sites for hydroxylation is 3. The first-order chi connectivity index (χ1) is 8.76. The maximum absolute atomic E-state index is 8.99. The number of rotatable bonds is 6. The minimum atomic E-state index is 0.260. The number of unbranched alkanes of at least 4 members (excludes halogenated alkanes) is 1. The molecule has 0 saturated carbocycles. The van der Waals surface area contributed by atoms with E-state index in [1.807, 2.05) is 0 Å². The van der Waals surface area contributed by atoms with Gasteiger partial charge in [0, 0.05) is 30.3 Å². The molecular formula is C16H23NO. The van der Waals surface area contributed by atoms with E-state index < -0.39 is 0 Å². The lowest BCUT2D eigenvalue weighted by molar-refractivity contribution is 0.280. The van der Waals surface area contributed by atoms with Crippen LogP contribution in [-0.4, -0.2) is 16.3 Å². The molecule has 0 saturated heterocycles. The van der Waals surface area contributed by atoms with Gasteiger partial charge in [-0.2, -0.15) is 0 Å². The van der Waals surface area contributed by atoms with Crippen molar-refractivity contribution in [1.29, 1.82) is 0 Å². The van der Waals surface area contributed by atoms with Gasteiger partial charge in [-0.3, -0.25) is 0 Å². The molecule has 2 nitrogen and oxygen atoms in total. The zero-order valence-corrected chi connectivity index (χ0v) is 11.4. The first-order valence-corrected chi connectivity index (χ1v) is 6.95. The fourth-order valence-corrected chi connectivity index (χ4v) is 2.47. The van der Waals surface area contributed by atoms with Crippen LogP contribution in [0.3, 0.4) is 0 Å². The van der Waals surface area contributed by atoms with Crippen LogP contribution in [-0.2, 0) is 13.0 Å². The number of hydrogen-bond acceptors (Lipinski definition) is 1. The normalized spacial score (nSPS) is 11.3. The van der Waals surface area contributed by atoms with Crippen molar-refractivity contribution in [2.45, 2.75) is 46.1 Å². The fourth-order valence-electron chi connectivity index (χ4n) is 2.47. The molecule has 1 aromatic heterocycles. The minimum Gasteiger partial charge on any atom is -0.396 e. The third kappa shape index (κ3) is 2.75. The van der Waals surface area contributed by atoms with Crippen molar-refractivity contribution < 1.29 is 5.11 Å². The summed E-state index contributed by atoms with van der Waals surface area (Å²) in [7, 11) is 0. The van der Waals surface area contributed by atoms with Crippen LogP contribution in [0.15, 0.2) is 24.4 Å². The fraction of sp³-hybridized carbons (Fsp3) is 0.500. The number of nitrogens with zero attached hydrogens (tertiary/aromatic N) is 1. The molecule has 18 heavy (non-hydrogen) atoms. The van der Waals surface area contributed by atoms with E-state index in [1.165, 1.54) is 34.9 Å². The molecule has 2 aromatic rings. The number of hydrogen-bond donors (Lipinski definition) is 1. The lowest BCUT2D eigenvalue weighted by Gasteiger charge is -2.03. The third-order valence-electron chi connectivity index (χ3n) is 3.48. The zero-order chi connectivity index (χ0) is 13.0. The van der Waals surface area contributed by atoms with Crippen molar-refractivity contribution in [2.75, 3.05) is 6.61 Å². The summed E-state index contributed by atoms with van der Waals surface area (Å²) in [6.07, 6.45) is 6.73. The molecule has 0 bridgehead atoms. The molecule has 0 atom stereocenters. The van der Waals surface area contributed by atoms with Crippen molar-refractivity contribution in [3.05, 3.63) is 35.5 Å². The molecule has 2 heteroatoms. The Morgan fingerprint density at radius 3 is 2.78 bits per heavy atom. The average Bonchev–Trinajstić information content (AvgIpc) is 2.71. The van der Waals surface area contributed by atoms with Crippen LogP contribution in [0.4, 0.5) is 0 Å². The molecule has 0 unspecified atom stereocenters. The summed E-state index contributed by atoms with van der Waals surface area (Å²) in [5.74, 6) is 0. The van der Waals surface area contributed by atoms with Crippen LogP contribution in [0.25, 0.3) is 10.9 Å². The second kappa shape index (κ2) is 6.05. The van der Waals surface area contributed by atoms with Gasteiger partial charge < -0.3 is 9.67 Å². The standard InChI is InChI=1S/C16H23NO/c1-3-4-6-14-12-17(9-5-10-18)16-11-13(2)7-8-15(14)16/h7-8,11-12,18H,3-6,9-10H2,1-2H3. The number of aliphatic hydroxyl groups excluding tert-OH is 1. The van der Waals surface area contributed by atoms with E-state index >= 15 is 0 Å². The smallest absolute Gasteiger partial charge is 0.0485 e. The Bertz CT molecular complexity index is 513. The topological polar surface area (TPSA) is 25.2 Å². The van der Waals surface area contributed by atoms with Gasteiger partial charge in [0.2, 0.25) is 0 Å². The Morgan fingerprint density at radius 1 is 1.22 bits per heavy atom. The van der Waals surface area contributed by atoms with E-state index in [1.54, 1.807) is 0 Å². The van der Waals surface area contributed by atoms with Crippen LogP contribution >= 0.6 is 0 Å². The van der Waals surface area contributed by atoms with Crippen LogP contribution < -0.4 is 0 Å². The lowest BCUT2D eigenvalue weighted by atomic mass is 10.1. The molecule has 0 spiro atoms. The van der Waals surface area contributed by atoms with Crippen molar-refractivity contribution in [3.8, 4) is 0 Å². The molecule has 0 radical (unpaired) electrons. The average molecular weight is 245 g/mol. The second-order valence-electron chi connectivity index (χ2n) is 5.05. The lowest BCUT2D eigenvalue weighted by Crippen LogP contribution is -1.98. The summed E-state index contributed by atoms with van der Waals surface area (Å²) in [4.78, 5) is 0. The summed E-state index contributed by atoms with van der Waals surface area (Å²) >= 11 is 0. The molecule has 0 aliphatic carbocycles. The van der Waals surface area contributed by atoms with Crippen LogP contribution in [0, 0.1) is 6.92 Å². The highest BCUT2D eigenvalue weighted by molar-refractivity contribution is 5.84. The quantitative estimate of drug-likeness (QED) is 0.825.